The van der Waals surface area contributed by atoms with Crippen LogP contribution in [-0.2, 0) is 32.7 Å². The highest BCUT2D eigenvalue weighted by atomic mass is 32.2. The molecule has 1 saturated heterocycles. The van der Waals surface area contributed by atoms with Crippen LogP contribution in [0.25, 0.3) is 10.8 Å². The number of anilines is 1. The molecule has 0 radical (unpaired) electrons. The van der Waals surface area contributed by atoms with E-state index in [9.17, 15) is 18.0 Å². The maximum Gasteiger partial charge on any atom is 0.411 e. The summed E-state index contributed by atoms with van der Waals surface area (Å²) in [6.07, 6.45) is -0.0718. The maximum absolute atomic E-state index is 13.1. The van der Waals surface area contributed by atoms with Gasteiger partial charge >= 0.3 is 6.09 Å². The van der Waals surface area contributed by atoms with Gasteiger partial charge in [0.25, 0.3) is 0 Å². The Morgan fingerprint density at radius 1 is 1.05 bits per heavy atom. The van der Waals surface area contributed by atoms with E-state index in [4.69, 9.17) is 10.00 Å². The number of nitriles is 1. The fourth-order valence-corrected chi connectivity index (χ4v) is 6.34. The molecule has 2 heterocycles. The number of carbonyl (C=O) groups excluding carboxylic acids is 2. The summed E-state index contributed by atoms with van der Waals surface area (Å²) in [6, 6.07) is 23.1. The zero-order chi connectivity index (χ0) is 28.1. The summed E-state index contributed by atoms with van der Waals surface area (Å²) in [5.74, 6) is -0.567. The predicted octanol–water partition coefficient (Wildman–Crippen LogP) is 4.85. The molecule has 0 saturated carbocycles. The van der Waals surface area contributed by atoms with E-state index in [-0.39, 0.29) is 24.0 Å². The van der Waals surface area contributed by atoms with Crippen molar-refractivity contribution in [2.45, 2.75) is 24.5 Å². The van der Waals surface area contributed by atoms with Crippen molar-refractivity contribution in [1.29, 1.82) is 5.26 Å². The number of nitrogens with one attached hydrogen (secondary N) is 2. The molecule has 0 aliphatic carbocycles. The summed E-state index contributed by atoms with van der Waals surface area (Å²) in [5.41, 5.74) is 2.23. The zero-order valence-corrected chi connectivity index (χ0v) is 23.0. The van der Waals surface area contributed by atoms with Gasteiger partial charge in [-0.2, -0.15) is 5.26 Å². The van der Waals surface area contributed by atoms with Gasteiger partial charge < -0.3 is 9.64 Å². The largest absolute Gasteiger partial charge is 0.444 e. The second-order valence-corrected chi connectivity index (χ2v) is 12.1. The number of hydrogen-bond donors (Lipinski definition) is 2. The first-order chi connectivity index (χ1) is 19.3. The first kappa shape index (κ1) is 27.3. The number of sulfonamides is 1. The standard InChI is InChI=1S/C29H26N4O5S2/c30-15-26-12-21(19-39-26)17-33-11-10-23(28(33)34)16-31-40(36,37)27-9-7-22-6-8-25(13-24(22)14-27)32-29(35)38-18-20-4-2-1-3-5-20/h1-9,12-14,19,23,31H,10-11,16-18H2,(H,32,35)/t23-/m0/s1. The fraction of sp³-hybridized carbons (Fsp3) is 0.207. The molecule has 9 nitrogen and oxygen atoms in total. The van der Waals surface area contributed by atoms with E-state index in [1.165, 1.54) is 23.5 Å². The highest BCUT2D eigenvalue weighted by molar-refractivity contribution is 7.89. The second kappa shape index (κ2) is 11.9. The third-order valence-electron chi connectivity index (χ3n) is 6.65. The molecule has 204 valence electrons. The van der Waals surface area contributed by atoms with Gasteiger partial charge in [-0.1, -0.05) is 42.5 Å². The number of rotatable bonds is 9. The van der Waals surface area contributed by atoms with Crippen LogP contribution in [0, 0.1) is 17.2 Å². The monoisotopic (exact) mass is 574 g/mol. The minimum atomic E-state index is -3.88. The lowest BCUT2D eigenvalue weighted by atomic mass is 10.1. The van der Waals surface area contributed by atoms with Crippen molar-refractivity contribution in [2.75, 3.05) is 18.4 Å². The molecular weight excluding hydrogens is 548 g/mol. The van der Waals surface area contributed by atoms with E-state index < -0.39 is 22.0 Å². The molecule has 1 fully saturated rings. The van der Waals surface area contributed by atoms with Gasteiger partial charge in [0.15, 0.2) is 0 Å². The molecule has 0 unspecified atom stereocenters. The highest BCUT2D eigenvalue weighted by Crippen LogP contribution is 2.25. The lowest BCUT2D eigenvalue weighted by molar-refractivity contribution is -0.131. The molecule has 0 bridgehead atoms. The average Bonchev–Trinajstić information content (AvgIpc) is 3.57. The SMILES string of the molecule is N#Cc1cc(CN2CC[C@@H](CNS(=O)(=O)c3ccc4ccc(NC(=O)OCc5ccccc5)cc4c3)C2=O)cs1. The number of benzene rings is 3. The summed E-state index contributed by atoms with van der Waals surface area (Å²) in [7, 11) is -3.88. The summed E-state index contributed by atoms with van der Waals surface area (Å²) in [5, 5.41) is 15.0. The Morgan fingerprint density at radius 2 is 1.85 bits per heavy atom. The van der Waals surface area contributed by atoms with Crippen molar-refractivity contribution in [2.24, 2.45) is 5.92 Å². The van der Waals surface area contributed by atoms with E-state index in [0.717, 1.165) is 16.5 Å². The first-order valence-corrected chi connectivity index (χ1v) is 14.9. The van der Waals surface area contributed by atoms with E-state index in [1.54, 1.807) is 35.2 Å². The number of amides is 2. The summed E-state index contributed by atoms with van der Waals surface area (Å²) >= 11 is 1.33. The van der Waals surface area contributed by atoms with Crippen molar-refractivity contribution in [3.8, 4) is 6.07 Å². The van der Waals surface area contributed by atoms with Gasteiger partial charge in [-0.25, -0.2) is 17.9 Å². The molecule has 1 aliphatic heterocycles. The minimum Gasteiger partial charge on any atom is -0.444 e. The number of ether oxygens (including phenoxy) is 1. The lowest BCUT2D eigenvalue weighted by Gasteiger charge is -2.16. The topological polar surface area (TPSA) is 129 Å². The lowest BCUT2D eigenvalue weighted by Crippen LogP contribution is -2.34. The summed E-state index contributed by atoms with van der Waals surface area (Å²) in [6.45, 7) is 1.06. The van der Waals surface area contributed by atoms with Crippen LogP contribution in [0.5, 0.6) is 0 Å². The Labute approximate surface area is 236 Å². The van der Waals surface area contributed by atoms with Crippen LogP contribution in [0.2, 0.25) is 0 Å². The van der Waals surface area contributed by atoms with Crippen LogP contribution in [0.1, 0.15) is 22.4 Å². The molecule has 2 N–H and O–H groups in total. The Hall–Kier alpha value is -4.24. The molecule has 3 aromatic carbocycles. The van der Waals surface area contributed by atoms with Crippen LogP contribution in [0.15, 0.2) is 83.1 Å². The van der Waals surface area contributed by atoms with E-state index in [0.29, 0.717) is 35.5 Å². The number of hydrogen-bond acceptors (Lipinski definition) is 7. The normalized spacial score (nSPS) is 15.2. The number of carbonyl (C=O) groups is 2. The number of nitrogens with zero attached hydrogens (tertiary/aromatic N) is 2. The van der Waals surface area contributed by atoms with Crippen LogP contribution < -0.4 is 10.0 Å². The Bertz CT molecular complexity index is 1700. The Kier molecular flexibility index (Phi) is 8.11. The minimum absolute atomic E-state index is 0.00234. The molecule has 11 heteroatoms. The Morgan fingerprint density at radius 3 is 2.62 bits per heavy atom. The smallest absolute Gasteiger partial charge is 0.411 e. The van der Waals surface area contributed by atoms with Crippen molar-refractivity contribution < 1.29 is 22.7 Å². The van der Waals surface area contributed by atoms with E-state index >= 15 is 0 Å². The quantitative estimate of drug-likeness (QED) is 0.294. The molecule has 2 amide bonds. The maximum atomic E-state index is 13.1. The van der Waals surface area contributed by atoms with Crippen LogP contribution >= 0.6 is 11.3 Å². The highest BCUT2D eigenvalue weighted by Gasteiger charge is 2.32. The molecule has 4 aromatic rings. The molecule has 40 heavy (non-hydrogen) atoms. The summed E-state index contributed by atoms with van der Waals surface area (Å²) < 4.78 is 34.0. The molecule has 1 aromatic heterocycles. The Balaban J connectivity index is 1.19. The van der Waals surface area contributed by atoms with E-state index in [1.807, 2.05) is 35.7 Å². The average molecular weight is 575 g/mol. The van der Waals surface area contributed by atoms with Gasteiger partial charge in [-0.3, -0.25) is 10.1 Å². The second-order valence-electron chi connectivity index (χ2n) is 9.44. The summed E-state index contributed by atoms with van der Waals surface area (Å²) in [4.78, 5) is 27.4. The van der Waals surface area contributed by atoms with Gasteiger partial charge in [0.05, 0.1) is 10.8 Å². The van der Waals surface area contributed by atoms with Gasteiger partial charge in [0, 0.05) is 25.3 Å². The number of fused-ring (bicyclic) bond motifs is 1. The van der Waals surface area contributed by atoms with Crippen LogP contribution in [0.4, 0.5) is 10.5 Å². The number of likely N-dealkylation sites (tertiary alicyclic amines) is 1. The molecule has 0 spiro atoms. The van der Waals surface area contributed by atoms with Crippen molar-refractivity contribution in [3.05, 3.63) is 94.2 Å². The fourth-order valence-electron chi connectivity index (χ4n) is 4.53. The molecule has 5 rings (SSSR count). The zero-order valence-electron chi connectivity index (χ0n) is 21.4. The third kappa shape index (κ3) is 6.48. The molecule has 1 atom stereocenters. The van der Waals surface area contributed by atoms with Gasteiger partial charge in [-0.05, 0) is 64.0 Å². The van der Waals surface area contributed by atoms with Gasteiger partial charge in [-0.15, -0.1) is 11.3 Å². The molecular formula is C29H26N4O5S2. The number of thiophene rings is 1. The molecule has 1 aliphatic rings. The van der Waals surface area contributed by atoms with Crippen molar-refractivity contribution in [3.63, 3.8) is 0 Å². The van der Waals surface area contributed by atoms with Gasteiger partial charge in [0.1, 0.15) is 17.6 Å². The van der Waals surface area contributed by atoms with Crippen LogP contribution in [0.3, 0.4) is 0 Å². The van der Waals surface area contributed by atoms with Gasteiger partial charge in [0.2, 0.25) is 15.9 Å². The van der Waals surface area contributed by atoms with Crippen LogP contribution in [-0.4, -0.2) is 38.4 Å². The van der Waals surface area contributed by atoms with Crippen molar-refractivity contribution in [1.82, 2.24) is 9.62 Å². The van der Waals surface area contributed by atoms with Crippen molar-refractivity contribution >= 4 is 49.8 Å². The third-order valence-corrected chi connectivity index (χ3v) is 8.95. The van der Waals surface area contributed by atoms with E-state index in [2.05, 4.69) is 16.1 Å². The predicted molar refractivity (Wildman–Crippen MR) is 152 cm³/mol. The first-order valence-electron chi connectivity index (χ1n) is 12.6.